The number of carbonyl (C=O) groups excluding carboxylic acids is 2. The highest BCUT2D eigenvalue weighted by molar-refractivity contribution is 5.92. The Labute approximate surface area is 167 Å². The molecule has 0 saturated heterocycles. The normalized spacial score (nSPS) is 17.3. The topological polar surface area (TPSA) is 73.9 Å². The summed E-state index contributed by atoms with van der Waals surface area (Å²) in [5, 5.41) is 2.91. The van der Waals surface area contributed by atoms with Gasteiger partial charge in [0.25, 0.3) is 0 Å². The second-order valence-electron chi connectivity index (χ2n) is 8.45. The second kappa shape index (κ2) is 9.80. The Balaban J connectivity index is 2.08. The maximum absolute atomic E-state index is 12.8. The minimum Gasteiger partial charge on any atom is -0.497 e. The minimum absolute atomic E-state index is 0.165. The first-order valence-corrected chi connectivity index (χ1v) is 10.0. The number of hydrogen-bond acceptors (Lipinski definition) is 5. The lowest BCUT2D eigenvalue weighted by molar-refractivity contribution is -0.126. The molecule has 0 spiro atoms. The minimum atomic E-state index is -0.716. The van der Waals surface area contributed by atoms with Crippen molar-refractivity contribution < 1.29 is 23.8 Å². The molecule has 1 fully saturated rings. The van der Waals surface area contributed by atoms with E-state index in [1.807, 2.05) is 6.92 Å². The quantitative estimate of drug-likeness (QED) is 0.677. The van der Waals surface area contributed by atoms with E-state index in [0.29, 0.717) is 5.69 Å². The summed E-state index contributed by atoms with van der Waals surface area (Å²) in [4.78, 5) is 25.1. The van der Waals surface area contributed by atoms with Crippen LogP contribution in [0.25, 0.3) is 0 Å². The van der Waals surface area contributed by atoms with Crippen LogP contribution >= 0.6 is 0 Å². The molecule has 0 aromatic heterocycles. The molecule has 1 amide bonds. The van der Waals surface area contributed by atoms with Crippen molar-refractivity contribution in [1.29, 1.82) is 0 Å². The SMILES string of the molecule is COc1ccc(NC(=O)[C@H](C)[C@H](OC(=O)OC(C)(C)C)C2CCCCC2)cc1. The van der Waals surface area contributed by atoms with Gasteiger partial charge in [-0.05, 0) is 63.8 Å². The average Bonchev–Trinajstić information content (AvgIpc) is 2.65. The van der Waals surface area contributed by atoms with E-state index in [0.717, 1.165) is 31.4 Å². The van der Waals surface area contributed by atoms with Gasteiger partial charge in [0.05, 0.1) is 13.0 Å². The molecule has 1 aliphatic rings. The number of anilines is 1. The fourth-order valence-corrected chi connectivity index (χ4v) is 3.53. The largest absolute Gasteiger partial charge is 0.509 e. The third-order valence-corrected chi connectivity index (χ3v) is 5.00. The molecular formula is C22H33NO5. The summed E-state index contributed by atoms with van der Waals surface area (Å²) in [5.74, 6) is 0.222. The van der Waals surface area contributed by atoms with Crippen LogP contribution in [0.1, 0.15) is 59.8 Å². The van der Waals surface area contributed by atoms with E-state index >= 15 is 0 Å². The van der Waals surface area contributed by atoms with E-state index in [9.17, 15) is 9.59 Å². The van der Waals surface area contributed by atoms with Gasteiger partial charge in [-0.25, -0.2) is 4.79 Å². The summed E-state index contributed by atoms with van der Waals surface area (Å²) in [7, 11) is 1.60. The van der Waals surface area contributed by atoms with Gasteiger partial charge >= 0.3 is 6.16 Å². The van der Waals surface area contributed by atoms with E-state index in [2.05, 4.69) is 5.32 Å². The molecule has 0 heterocycles. The first-order valence-electron chi connectivity index (χ1n) is 10.0. The molecule has 6 nitrogen and oxygen atoms in total. The predicted octanol–water partition coefficient (Wildman–Crippen LogP) is 5.17. The van der Waals surface area contributed by atoms with Gasteiger partial charge in [-0.15, -0.1) is 0 Å². The van der Waals surface area contributed by atoms with Gasteiger partial charge in [0.2, 0.25) is 5.91 Å². The van der Waals surface area contributed by atoms with Gasteiger partial charge in [0.1, 0.15) is 17.5 Å². The molecule has 1 aliphatic carbocycles. The molecule has 2 atom stereocenters. The maximum Gasteiger partial charge on any atom is 0.509 e. The Morgan fingerprint density at radius 2 is 1.68 bits per heavy atom. The number of ether oxygens (including phenoxy) is 3. The zero-order chi connectivity index (χ0) is 20.7. The number of methoxy groups -OCH3 is 1. The van der Waals surface area contributed by atoms with Gasteiger partial charge in [-0.1, -0.05) is 26.2 Å². The number of hydrogen-bond donors (Lipinski definition) is 1. The molecule has 0 radical (unpaired) electrons. The number of carbonyl (C=O) groups is 2. The van der Waals surface area contributed by atoms with Gasteiger partial charge in [0, 0.05) is 5.69 Å². The Morgan fingerprint density at radius 3 is 2.21 bits per heavy atom. The Kier molecular flexibility index (Phi) is 7.72. The van der Waals surface area contributed by atoms with Crippen LogP contribution in [0.4, 0.5) is 10.5 Å². The number of amides is 1. The molecule has 1 saturated carbocycles. The fourth-order valence-electron chi connectivity index (χ4n) is 3.53. The first-order chi connectivity index (χ1) is 13.2. The van der Waals surface area contributed by atoms with E-state index in [4.69, 9.17) is 14.2 Å². The van der Waals surface area contributed by atoms with Crippen LogP contribution in [0, 0.1) is 11.8 Å². The molecule has 1 aromatic carbocycles. The van der Waals surface area contributed by atoms with Crippen molar-refractivity contribution >= 4 is 17.7 Å². The molecule has 0 unspecified atom stereocenters. The summed E-state index contributed by atoms with van der Waals surface area (Å²) < 4.78 is 16.1. The summed E-state index contributed by atoms with van der Waals surface area (Å²) in [6.45, 7) is 7.19. The van der Waals surface area contributed by atoms with E-state index in [1.54, 1.807) is 52.1 Å². The molecule has 6 heteroatoms. The number of nitrogens with one attached hydrogen (secondary N) is 1. The third kappa shape index (κ3) is 6.73. The Bertz CT molecular complexity index is 644. The third-order valence-electron chi connectivity index (χ3n) is 5.00. The molecule has 0 aliphatic heterocycles. The summed E-state index contributed by atoms with van der Waals surface area (Å²) in [6, 6.07) is 7.15. The Morgan fingerprint density at radius 1 is 1.07 bits per heavy atom. The lowest BCUT2D eigenvalue weighted by Gasteiger charge is -2.33. The molecule has 0 bridgehead atoms. The van der Waals surface area contributed by atoms with Crippen LogP contribution in [0.15, 0.2) is 24.3 Å². The van der Waals surface area contributed by atoms with E-state index in [-0.39, 0.29) is 11.8 Å². The average molecular weight is 392 g/mol. The predicted molar refractivity (Wildman–Crippen MR) is 108 cm³/mol. The van der Waals surface area contributed by atoms with Crippen molar-refractivity contribution in [2.75, 3.05) is 12.4 Å². The summed E-state index contributed by atoms with van der Waals surface area (Å²) in [5.41, 5.74) is 0.0419. The van der Waals surface area contributed by atoms with Crippen LogP contribution in [0.3, 0.4) is 0 Å². The summed E-state index contributed by atoms with van der Waals surface area (Å²) >= 11 is 0. The van der Waals surface area contributed by atoms with Crippen LogP contribution in [0.2, 0.25) is 0 Å². The van der Waals surface area contributed by atoms with Crippen molar-refractivity contribution in [2.24, 2.45) is 11.8 Å². The van der Waals surface area contributed by atoms with Crippen LogP contribution < -0.4 is 10.1 Å². The molecule has 1 aromatic rings. The zero-order valence-electron chi connectivity index (χ0n) is 17.6. The standard InChI is InChI=1S/C22H33NO5/c1-15(20(24)23-17-11-13-18(26-5)14-12-17)19(16-9-7-6-8-10-16)27-21(25)28-22(2,3)4/h11-16,19H,6-10H2,1-5H3,(H,23,24)/t15-,19+/m1/s1. The van der Waals surface area contributed by atoms with E-state index < -0.39 is 23.8 Å². The monoisotopic (exact) mass is 391 g/mol. The first kappa shape index (κ1) is 22.1. The molecule has 1 N–H and O–H groups in total. The highest BCUT2D eigenvalue weighted by atomic mass is 16.7. The van der Waals surface area contributed by atoms with Gasteiger partial charge in [-0.3, -0.25) is 4.79 Å². The smallest absolute Gasteiger partial charge is 0.497 e. The fraction of sp³-hybridized carbons (Fsp3) is 0.636. The van der Waals surface area contributed by atoms with Gasteiger partial charge < -0.3 is 19.5 Å². The van der Waals surface area contributed by atoms with Crippen LogP contribution in [-0.2, 0) is 14.3 Å². The molecular weight excluding hydrogens is 358 g/mol. The highest BCUT2D eigenvalue weighted by Crippen LogP contribution is 2.32. The molecule has 156 valence electrons. The molecule has 2 rings (SSSR count). The van der Waals surface area contributed by atoms with E-state index in [1.165, 1.54) is 6.42 Å². The number of benzene rings is 1. The highest BCUT2D eigenvalue weighted by Gasteiger charge is 2.36. The van der Waals surface area contributed by atoms with Crippen molar-refractivity contribution in [1.82, 2.24) is 0 Å². The van der Waals surface area contributed by atoms with Crippen molar-refractivity contribution in [3.05, 3.63) is 24.3 Å². The van der Waals surface area contributed by atoms with Crippen molar-refractivity contribution in [3.63, 3.8) is 0 Å². The summed E-state index contributed by atoms with van der Waals surface area (Å²) in [6.07, 6.45) is 4.04. The van der Waals surface area contributed by atoms with Crippen molar-refractivity contribution in [3.8, 4) is 5.75 Å². The van der Waals surface area contributed by atoms with Gasteiger partial charge in [0.15, 0.2) is 0 Å². The van der Waals surface area contributed by atoms with Gasteiger partial charge in [-0.2, -0.15) is 0 Å². The Hall–Kier alpha value is -2.24. The second-order valence-corrected chi connectivity index (χ2v) is 8.45. The van der Waals surface area contributed by atoms with Crippen LogP contribution in [0.5, 0.6) is 5.75 Å². The zero-order valence-corrected chi connectivity index (χ0v) is 17.6. The lowest BCUT2D eigenvalue weighted by Crippen LogP contribution is -2.41. The number of rotatable bonds is 6. The maximum atomic E-state index is 12.8. The molecule has 28 heavy (non-hydrogen) atoms. The van der Waals surface area contributed by atoms with Crippen molar-refractivity contribution in [2.45, 2.75) is 71.5 Å². The van der Waals surface area contributed by atoms with Crippen LogP contribution in [-0.4, -0.2) is 30.9 Å². The lowest BCUT2D eigenvalue weighted by atomic mass is 9.80.